The van der Waals surface area contributed by atoms with Gasteiger partial charge in [-0.25, -0.2) is 0 Å². The largest absolute Gasteiger partial charge is 0.370 e. The van der Waals surface area contributed by atoms with Gasteiger partial charge in [-0.05, 0) is 43.4 Å². The summed E-state index contributed by atoms with van der Waals surface area (Å²) in [4.78, 5) is 2.38. The second kappa shape index (κ2) is 5.97. The lowest BCUT2D eigenvalue weighted by atomic mass is 9.85. The average molecular weight is 272 g/mol. The summed E-state index contributed by atoms with van der Waals surface area (Å²) in [5.74, 6) is 1.38. The number of hydrogen-bond donors (Lipinski definition) is 0. The van der Waals surface area contributed by atoms with Gasteiger partial charge in [-0.2, -0.15) is 0 Å². The molecule has 94 valence electrons. The zero-order valence-corrected chi connectivity index (χ0v) is 11.8. The first kappa shape index (κ1) is 13.0. The third-order valence-electron chi connectivity index (χ3n) is 3.59. The van der Waals surface area contributed by atoms with Crippen molar-refractivity contribution in [2.24, 2.45) is 5.92 Å². The van der Waals surface area contributed by atoms with Crippen LogP contribution in [0, 0.1) is 5.92 Å². The van der Waals surface area contributed by atoms with Gasteiger partial charge in [-0.15, -0.1) is 11.6 Å². The molecule has 1 aliphatic rings. The van der Waals surface area contributed by atoms with Gasteiger partial charge >= 0.3 is 0 Å². The highest BCUT2D eigenvalue weighted by Crippen LogP contribution is 2.32. The molecule has 0 atom stereocenters. The van der Waals surface area contributed by atoms with Crippen LogP contribution in [-0.2, 0) is 5.88 Å². The van der Waals surface area contributed by atoms with Crippen LogP contribution in [0.25, 0.3) is 0 Å². The van der Waals surface area contributed by atoms with Gasteiger partial charge in [-0.3, -0.25) is 0 Å². The van der Waals surface area contributed by atoms with Crippen LogP contribution in [0.1, 0.15) is 31.7 Å². The molecule has 1 aliphatic carbocycles. The summed E-state index contributed by atoms with van der Waals surface area (Å²) in [6.07, 6.45) is 4.13. The van der Waals surface area contributed by atoms with Crippen molar-refractivity contribution >= 4 is 28.9 Å². The molecule has 1 aromatic carbocycles. The molecule has 1 aromatic rings. The summed E-state index contributed by atoms with van der Waals surface area (Å²) < 4.78 is 0. The first-order valence-corrected chi connectivity index (χ1v) is 7.25. The fraction of sp³-hybridized carbons (Fsp3) is 0.571. The molecule has 1 nitrogen and oxygen atoms in total. The Balaban J connectivity index is 2.11. The Hall–Kier alpha value is -0.400. The Morgan fingerprint density at radius 1 is 1.35 bits per heavy atom. The van der Waals surface area contributed by atoms with Crippen molar-refractivity contribution in [2.45, 2.75) is 32.1 Å². The number of hydrogen-bond acceptors (Lipinski definition) is 1. The first-order valence-electron chi connectivity index (χ1n) is 6.34. The molecule has 0 unspecified atom stereocenters. The van der Waals surface area contributed by atoms with E-state index in [1.165, 1.54) is 19.3 Å². The van der Waals surface area contributed by atoms with Gasteiger partial charge in [0, 0.05) is 19.0 Å². The van der Waals surface area contributed by atoms with E-state index in [0.29, 0.717) is 5.88 Å². The molecule has 0 spiro atoms. The molecule has 0 bridgehead atoms. The van der Waals surface area contributed by atoms with E-state index in [-0.39, 0.29) is 0 Å². The molecule has 0 N–H and O–H groups in total. The van der Waals surface area contributed by atoms with Gasteiger partial charge in [0.1, 0.15) is 0 Å². The van der Waals surface area contributed by atoms with Crippen molar-refractivity contribution in [3.05, 3.63) is 28.8 Å². The van der Waals surface area contributed by atoms with Gasteiger partial charge in [0.15, 0.2) is 0 Å². The van der Waals surface area contributed by atoms with Gasteiger partial charge in [0.25, 0.3) is 0 Å². The van der Waals surface area contributed by atoms with Crippen LogP contribution < -0.4 is 4.90 Å². The van der Waals surface area contributed by atoms with Crippen molar-refractivity contribution in [3.8, 4) is 0 Å². The van der Waals surface area contributed by atoms with Crippen LogP contribution in [0.5, 0.6) is 0 Å². The summed E-state index contributed by atoms with van der Waals surface area (Å²) in [5, 5.41) is 0.823. The molecule has 1 saturated carbocycles. The Morgan fingerprint density at radius 3 is 2.59 bits per heavy atom. The van der Waals surface area contributed by atoms with E-state index < -0.39 is 0 Å². The number of anilines is 1. The molecule has 0 saturated heterocycles. The van der Waals surface area contributed by atoms with Crippen molar-refractivity contribution in [3.63, 3.8) is 0 Å². The van der Waals surface area contributed by atoms with E-state index in [1.54, 1.807) is 0 Å². The normalized spacial score (nSPS) is 15.7. The Morgan fingerprint density at radius 2 is 2.12 bits per heavy atom. The van der Waals surface area contributed by atoms with E-state index in [0.717, 1.165) is 35.3 Å². The first-order chi connectivity index (χ1) is 8.24. The monoisotopic (exact) mass is 271 g/mol. The quantitative estimate of drug-likeness (QED) is 0.702. The summed E-state index contributed by atoms with van der Waals surface area (Å²) in [5.41, 5.74) is 2.23. The van der Waals surface area contributed by atoms with Gasteiger partial charge < -0.3 is 4.90 Å². The fourth-order valence-electron chi connectivity index (χ4n) is 2.27. The van der Waals surface area contributed by atoms with Crippen LogP contribution in [0.4, 0.5) is 5.69 Å². The van der Waals surface area contributed by atoms with Crippen molar-refractivity contribution in [1.29, 1.82) is 0 Å². The molecule has 0 heterocycles. The lowest BCUT2D eigenvalue weighted by molar-refractivity contribution is 0.318. The molecule has 0 aromatic heterocycles. The van der Waals surface area contributed by atoms with E-state index in [2.05, 4.69) is 24.0 Å². The lowest BCUT2D eigenvalue weighted by Gasteiger charge is -2.33. The van der Waals surface area contributed by atoms with Crippen LogP contribution >= 0.6 is 23.2 Å². The zero-order valence-electron chi connectivity index (χ0n) is 10.3. The molecule has 1 fully saturated rings. The van der Waals surface area contributed by atoms with Crippen molar-refractivity contribution in [1.82, 2.24) is 0 Å². The van der Waals surface area contributed by atoms with Crippen LogP contribution in [0.3, 0.4) is 0 Å². The maximum atomic E-state index is 6.33. The zero-order chi connectivity index (χ0) is 12.3. The standard InChI is InChI=1S/C14H19Cl2N/c1-2-17(10-11-4-3-5-11)14-7-6-12(9-15)8-13(14)16/h6-8,11H,2-5,9-10H2,1H3. The third kappa shape index (κ3) is 3.08. The van der Waals surface area contributed by atoms with E-state index in [1.807, 2.05) is 6.07 Å². The molecule has 3 heteroatoms. The Bertz CT molecular complexity index is 374. The summed E-state index contributed by atoms with van der Waals surface area (Å²) in [6, 6.07) is 6.15. The minimum absolute atomic E-state index is 0.523. The molecular formula is C14H19Cl2N. The van der Waals surface area contributed by atoms with Crippen LogP contribution in [0.15, 0.2) is 18.2 Å². The average Bonchev–Trinajstić information content (AvgIpc) is 2.29. The molecule has 0 radical (unpaired) electrons. The van der Waals surface area contributed by atoms with E-state index in [4.69, 9.17) is 23.2 Å². The SMILES string of the molecule is CCN(CC1CCC1)c1ccc(CCl)cc1Cl. The highest BCUT2D eigenvalue weighted by Gasteiger charge is 2.21. The van der Waals surface area contributed by atoms with Gasteiger partial charge in [0.2, 0.25) is 0 Å². The molecular weight excluding hydrogens is 253 g/mol. The maximum Gasteiger partial charge on any atom is 0.0642 e. The van der Waals surface area contributed by atoms with E-state index in [9.17, 15) is 0 Å². The Labute approximate surface area is 114 Å². The number of rotatable bonds is 5. The second-order valence-corrected chi connectivity index (χ2v) is 5.43. The second-order valence-electron chi connectivity index (χ2n) is 4.75. The van der Waals surface area contributed by atoms with Gasteiger partial charge in [-0.1, -0.05) is 24.1 Å². The highest BCUT2D eigenvalue weighted by atomic mass is 35.5. The van der Waals surface area contributed by atoms with Crippen LogP contribution in [0.2, 0.25) is 5.02 Å². The predicted molar refractivity (Wildman–Crippen MR) is 76.2 cm³/mol. The highest BCUT2D eigenvalue weighted by molar-refractivity contribution is 6.33. The molecule has 0 aliphatic heterocycles. The summed E-state index contributed by atoms with van der Waals surface area (Å²) >= 11 is 12.1. The fourth-order valence-corrected chi connectivity index (χ4v) is 2.76. The Kier molecular flexibility index (Phi) is 4.58. The summed E-state index contributed by atoms with van der Waals surface area (Å²) in [6.45, 7) is 4.33. The third-order valence-corrected chi connectivity index (χ3v) is 4.20. The number of halogens is 2. The minimum atomic E-state index is 0.523. The lowest BCUT2D eigenvalue weighted by Crippen LogP contribution is -2.32. The molecule has 2 rings (SSSR count). The molecule has 0 amide bonds. The smallest absolute Gasteiger partial charge is 0.0642 e. The van der Waals surface area contributed by atoms with Crippen molar-refractivity contribution in [2.75, 3.05) is 18.0 Å². The molecule has 17 heavy (non-hydrogen) atoms. The van der Waals surface area contributed by atoms with Crippen LogP contribution in [-0.4, -0.2) is 13.1 Å². The number of benzene rings is 1. The maximum absolute atomic E-state index is 6.33. The number of nitrogens with zero attached hydrogens (tertiary/aromatic N) is 1. The minimum Gasteiger partial charge on any atom is -0.370 e. The topological polar surface area (TPSA) is 3.24 Å². The van der Waals surface area contributed by atoms with Gasteiger partial charge in [0.05, 0.1) is 10.7 Å². The summed E-state index contributed by atoms with van der Waals surface area (Å²) in [7, 11) is 0. The number of alkyl halides is 1. The van der Waals surface area contributed by atoms with Crippen molar-refractivity contribution < 1.29 is 0 Å². The predicted octanol–water partition coefficient (Wildman–Crippen LogP) is 4.71. The van der Waals surface area contributed by atoms with E-state index >= 15 is 0 Å².